The molecule has 110 valence electrons. The molecule has 5 nitrogen and oxygen atoms in total. The Morgan fingerprint density at radius 2 is 2.43 bits per heavy atom. The summed E-state index contributed by atoms with van der Waals surface area (Å²) in [4.78, 5) is 11.9. The van der Waals surface area contributed by atoms with E-state index in [-0.39, 0.29) is 17.6 Å². The van der Waals surface area contributed by atoms with Gasteiger partial charge in [-0.1, -0.05) is 12.1 Å². The lowest BCUT2D eigenvalue weighted by Gasteiger charge is -2.10. The quantitative estimate of drug-likeness (QED) is 0.642. The molecule has 1 amide bonds. The Hall–Kier alpha value is -2.32. The summed E-state index contributed by atoms with van der Waals surface area (Å²) in [6, 6.07) is 9.62. The predicted octanol–water partition coefficient (Wildman–Crippen LogP) is 2.11. The largest absolute Gasteiger partial charge is 0.376 e. The Labute approximate surface area is 124 Å². The van der Waals surface area contributed by atoms with Crippen LogP contribution in [0.4, 0.5) is 5.69 Å². The minimum Gasteiger partial charge on any atom is -0.376 e. The normalized spacial score (nSPS) is 18.1. The summed E-state index contributed by atoms with van der Waals surface area (Å²) in [5, 5.41) is 14.8. The first-order chi connectivity index (χ1) is 10.2. The van der Waals surface area contributed by atoms with Crippen LogP contribution in [-0.2, 0) is 9.53 Å². The van der Waals surface area contributed by atoms with Crippen LogP contribution in [0, 0.1) is 18.3 Å². The predicted molar refractivity (Wildman–Crippen MR) is 80.5 cm³/mol. The first-order valence-corrected chi connectivity index (χ1v) is 7.02. The Bertz CT molecular complexity index is 569. The number of nitrogens with one attached hydrogen (secondary N) is 2. The molecule has 1 heterocycles. The van der Waals surface area contributed by atoms with Crippen LogP contribution in [0.25, 0.3) is 0 Å². The number of aryl methyl sites for hydroxylation is 1. The van der Waals surface area contributed by atoms with Gasteiger partial charge in [0.15, 0.2) is 0 Å². The number of carbonyl (C=O) groups excluding carboxylic acids is 1. The van der Waals surface area contributed by atoms with Gasteiger partial charge in [-0.15, -0.1) is 0 Å². The molecule has 1 saturated heterocycles. The van der Waals surface area contributed by atoms with Gasteiger partial charge in [-0.05, 0) is 37.5 Å². The van der Waals surface area contributed by atoms with Gasteiger partial charge in [-0.2, -0.15) is 5.26 Å². The number of rotatable bonds is 5. The minimum absolute atomic E-state index is 0.0505. The molecule has 0 aliphatic carbocycles. The molecule has 1 aromatic carbocycles. The van der Waals surface area contributed by atoms with Crippen molar-refractivity contribution in [3.8, 4) is 6.07 Å². The molecule has 0 spiro atoms. The number of hydrogen-bond donors (Lipinski definition) is 2. The lowest BCUT2D eigenvalue weighted by Crippen LogP contribution is -2.32. The number of anilines is 1. The molecular weight excluding hydrogens is 266 g/mol. The van der Waals surface area contributed by atoms with Gasteiger partial charge in [-0.3, -0.25) is 4.79 Å². The van der Waals surface area contributed by atoms with Gasteiger partial charge in [0.1, 0.15) is 11.6 Å². The monoisotopic (exact) mass is 285 g/mol. The highest BCUT2D eigenvalue weighted by atomic mass is 16.5. The van der Waals surface area contributed by atoms with Crippen molar-refractivity contribution in [1.29, 1.82) is 5.26 Å². The number of benzene rings is 1. The number of nitriles is 1. The fourth-order valence-corrected chi connectivity index (χ4v) is 2.15. The summed E-state index contributed by atoms with van der Waals surface area (Å²) in [6.07, 6.45) is 3.47. The van der Waals surface area contributed by atoms with E-state index in [1.54, 1.807) is 0 Å². The van der Waals surface area contributed by atoms with Crippen LogP contribution in [0.15, 0.2) is 36.0 Å². The molecular formula is C16H19N3O2. The molecule has 0 aromatic heterocycles. The number of ether oxygens (including phenoxy) is 1. The maximum Gasteiger partial charge on any atom is 0.263 e. The molecule has 1 aromatic rings. The second-order valence-electron chi connectivity index (χ2n) is 5.03. The third-order valence-electron chi connectivity index (χ3n) is 3.28. The van der Waals surface area contributed by atoms with E-state index in [4.69, 9.17) is 10.00 Å². The van der Waals surface area contributed by atoms with E-state index in [0.29, 0.717) is 6.54 Å². The SMILES string of the molecule is Cc1cccc(N/C=C(/C#N)C(=O)NCC2CCCO2)c1. The highest BCUT2D eigenvalue weighted by Gasteiger charge is 2.17. The van der Waals surface area contributed by atoms with Crippen LogP contribution in [0.3, 0.4) is 0 Å². The van der Waals surface area contributed by atoms with Crippen LogP contribution in [0.1, 0.15) is 18.4 Å². The molecule has 0 bridgehead atoms. The van der Waals surface area contributed by atoms with Gasteiger partial charge >= 0.3 is 0 Å². The zero-order chi connectivity index (χ0) is 15.1. The third kappa shape index (κ3) is 4.62. The second kappa shape index (κ2) is 7.46. The van der Waals surface area contributed by atoms with Gasteiger partial charge in [0, 0.05) is 25.0 Å². The van der Waals surface area contributed by atoms with Gasteiger partial charge in [-0.25, -0.2) is 0 Å². The fourth-order valence-electron chi connectivity index (χ4n) is 2.15. The molecule has 1 fully saturated rings. The smallest absolute Gasteiger partial charge is 0.263 e. The standard InChI is InChI=1S/C16H19N3O2/c1-12-4-2-5-14(8-12)18-10-13(9-17)16(20)19-11-15-6-3-7-21-15/h2,4-5,8,10,15,18H,3,6-7,11H2,1H3,(H,19,20)/b13-10-. The van der Waals surface area contributed by atoms with Crippen LogP contribution in [-0.4, -0.2) is 25.2 Å². The van der Waals surface area contributed by atoms with E-state index in [9.17, 15) is 4.79 Å². The summed E-state index contributed by atoms with van der Waals surface area (Å²) in [6.45, 7) is 3.17. The van der Waals surface area contributed by atoms with Gasteiger partial charge in [0.2, 0.25) is 0 Å². The Morgan fingerprint density at radius 1 is 1.57 bits per heavy atom. The molecule has 21 heavy (non-hydrogen) atoms. The first kappa shape index (κ1) is 15.1. The molecule has 1 aliphatic heterocycles. The average molecular weight is 285 g/mol. The van der Waals surface area contributed by atoms with Crippen LogP contribution in [0.2, 0.25) is 0 Å². The molecule has 2 rings (SSSR count). The van der Waals surface area contributed by atoms with Crippen molar-refractivity contribution in [1.82, 2.24) is 5.32 Å². The van der Waals surface area contributed by atoms with Crippen molar-refractivity contribution in [3.63, 3.8) is 0 Å². The average Bonchev–Trinajstić information content (AvgIpc) is 2.99. The van der Waals surface area contributed by atoms with Crippen molar-refractivity contribution < 1.29 is 9.53 Å². The number of hydrogen-bond acceptors (Lipinski definition) is 4. The van der Waals surface area contributed by atoms with E-state index in [1.807, 2.05) is 37.3 Å². The minimum atomic E-state index is -0.381. The molecule has 1 aliphatic rings. The third-order valence-corrected chi connectivity index (χ3v) is 3.28. The second-order valence-corrected chi connectivity index (χ2v) is 5.03. The maximum absolute atomic E-state index is 11.9. The molecule has 2 N–H and O–H groups in total. The molecule has 0 radical (unpaired) electrons. The molecule has 5 heteroatoms. The zero-order valence-corrected chi connectivity index (χ0v) is 12.1. The van der Waals surface area contributed by atoms with Crippen LogP contribution in [0.5, 0.6) is 0 Å². The topological polar surface area (TPSA) is 74.2 Å². The molecule has 1 unspecified atom stereocenters. The Balaban J connectivity index is 1.90. The zero-order valence-electron chi connectivity index (χ0n) is 12.1. The first-order valence-electron chi connectivity index (χ1n) is 7.02. The summed E-state index contributed by atoms with van der Waals surface area (Å²) >= 11 is 0. The lowest BCUT2D eigenvalue weighted by molar-refractivity contribution is -0.117. The van der Waals surface area contributed by atoms with E-state index < -0.39 is 0 Å². The summed E-state index contributed by atoms with van der Waals surface area (Å²) in [7, 11) is 0. The lowest BCUT2D eigenvalue weighted by atomic mass is 10.2. The molecule has 0 saturated carbocycles. The van der Waals surface area contributed by atoms with Gasteiger partial charge in [0.25, 0.3) is 5.91 Å². The van der Waals surface area contributed by atoms with Crippen LogP contribution < -0.4 is 10.6 Å². The van der Waals surface area contributed by atoms with Gasteiger partial charge in [0.05, 0.1) is 6.10 Å². The van der Waals surface area contributed by atoms with Crippen molar-refractivity contribution in [2.75, 3.05) is 18.5 Å². The van der Waals surface area contributed by atoms with E-state index in [1.165, 1.54) is 6.20 Å². The summed E-state index contributed by atoms with van der Waals surface area (Å²) in [5.74, 6) is -0.381. The van der Waals surface area contributed by atoms with E-state index >= 15 is 0 Å². The number of amides is 1. The summed E-state index contributed by atoms with van der Waals surface area (Å²) < 4.78 is 5.43. The number of nitrogens with zero attached hydrogens (tertiary/aromatic N) is 1. The number of carbonyl (C=O) groups is 1. The van der Waals surface area contributed by atoms with Crippen molar-refractivity contribution >= 4 is 11.6 Å². The molecule has 1 atom stereocenters. The highest BCUT2D eigenvalue weighted by Crippen LogP contribution is 2.11. The maximum atomic E-state index is 11.9. The Morgan fingerprint density at radius 3 is 3.10 bits per heavy atom. The van der Waals surface area contributed by atoms with E-state index in [2.05, 4.69) is 10.6 Å². The summed E-state index contributed by atoms with van der Waals surface area (Å²) in [5.41, 5.74) is 2.00. The van der Waals surface area contributed by atoms with Crippen molar-refractivity contribution in [2.24, 2.45) is 0 Å². The Kier molecular flexibility index (Phi) is 5.35. The van der Waals surface area contributed by atoms with Crippen LogP contribution >= 0.6 is 0 Å². The van der Waals surface area contributed by atoms with Crippen molar-refractivity contribution in [2.45, 2.75) is 25.9 Å². The highest BCUT2D eigenvalue weighted by molar-refractivity contribution is 5.97. The fraction of sp³-hybridized carbons (Fsp3) is 0.375. The van der Waals surface area contributed by atoms with Gasteiger partial charge < -0.3 is 15.4 Å². The van der Waals surface area contributed by atoms with Crippen molar-refractivity contribution in [3.05, 3.63) is 41.6 Å². The van der Waals surface area contributed by atoms with E-state index in [0.717, 1.165) is 30.7 Å².